The highest BCUT2D eigenvalue weighted by atomic mass is 15.3. The Balaban J connectivity index is 1.75. The Morgan fingerprint density at radius 2 is 2.20 bits per heavy atom. The van der Waals surface area contributed by atoms with Gasteiger partial charge in [0.05, 0.1) is 6.54 Å². The van der Waals surface area contributed by atoms with Gasteiger partial charge < -0.3 is 9.88 Å². The van der Waals surface area contributed by atoms with Crippen LogP contribution in [0.15, 0.2) is 0 Å². The number of aryl methyl sites for hydroxylation is 1. The smallest absolute Gasteiger partial charge is 0.146 e. The summed E-state index contributed by atoms with van der Waals surface area (Å²) in [6, 6.07) is 0. The van der Waals surface area contributed by atoms with Gasteiger partial charge in [0, 0.05) is 7.05 Å². The lowest BCUT2D eigenvalue weighted by atomic mass is 10.1. The van der Waals surface area contributed by atoms with Crippen LogP contribution in [0.4, 0.5) is 0 Å². The fourth-order valence-corrected chi connectivity index (χ4v) is 1.85. The van der Waals surface area contributed by atoms with E-state index < -0.39 is 0 Å². The van der Waals surface area contributed by atoms with E-state index in [0.29, 0.717) is 0 Å². The molecule has 0 radical (unpaired) electrons. The fourth-order valence-electron chi connectivity index (χ4n) is 1.85. The Hall–Kier alpha value is -0.900. The second-order valence-electron chi connectivity index (χ2n) is 4.67. The molecule has 1 unspecified atom stereocenters. The molecule has 4 heteroatoms. The first-order valence-electron chi connectivity index (χ1n) is 5.74. The SMILES string of the molecule is Cc1nnc(CNCC(C)C2CC2)n1C. The maximum absolute atomic E-state index is 4.12. The van der Waals surface area contributed by atoms with Gasteiger partial charge >= 0.3 is 0 Å². The van der Waals surface area contributed by atoms with Gasteiger partial charge in [0.15, 0.2) is 0 Å². The van der Waals surface area contributed by atoms with Gasteiger partial charge in [0.2, 0.25) is 0 Å². The average Bonchev–Trinajstić information content (AvgIpc) is 3.00. The van der Waals surface area contributed by atoms with Crippen molar-refractivity contribution in [3.8, 4) is 0 Å². The standard InChI is InChI=1S/C11H20N4/c1-8(10-4-5-10)6-12-7-11-14-13-9(2)15(11)3/h8,10,12H,4-7H2,1-3H3. The largest absolute Gasteiger partial charge is 0.317 e. The van der Waals surface area contributed by atoms with E-state index in [0.717, 1.165) is 36.6 Å². The van der Waals surface area contributed by atoms with Gasteiger partial charge in [-0.25, -0.2) is 0 Å². The Labute approximate surface area is 91.1 Å². The van der Waals surface area contributed by atoms with Crippen molar-refractivity contribution in [2.45, 2.75) is 33.2 Å². The van der Waals surface area contributed by atoms with Gasteiger partial charge in [-0.15, -0.1) is 10.2 Å². The molecule has 1 fully saturated rings. The van der Waals surface area contributed by atoms with Crippen LogP contribution in [0.25, 0.3) is 0 Å². The molecule has 1 atom stereocenters. The molecule has 0 spiro atoms. The summed E-state index contributed by atoms with van der Waals surface area (Å²) < 4.78 is 2.04. The van der Waals surface area contributed by atoms with Crippen LogP contribution in [-0.4, -0.2) is 21.3 Å². The molecular formula is C11H20N4. The highest BCUT2D eigenvalue weighted by molar-refractivity contribution is 4.92. The van der Waals surface area contributed by atoms with Crippen LogP contribution in [0.2, 0.25) is 0 Å². The number of nitrogens with one attached hydrogen (secondary N) is 1. The maximum Gasteiger partial charge on any atom is 0.146 e. The van der Waals surface area contributed by atoms with Crippen LogP contribution in [0.5, 0.6) is 0 Å². The van der Waals surface area contributed by atoms with Crippen molar-refractivity contribution in [3.05, 3.63) is 11.6 Å². The molecule has 0 bridgehead atoms. The molecule has 2 rings (SSSR count). The molecule has 84 valence electrons. The molecule has 15 heavy (non-hydrogen) atoms. The van der Waals surface area contributed by atoms with Crippen LogP contribution in [-0.2, 0) is 13.6 Å². The van der Waals surface area contributed by atoms with Crippen molar-refractivity contribution in [2.75, 3.05) is 6.54 Å². The zero-order valence-corrected chi connectivity index (χ0v) is 9.82. The monoisotopic (exact) mass is 208 g/mol. The van der Waals surface area contributed by atoms with Gasteiger partial charge in [-0.05, 0) is 38.1 Å². The minimum absolute atomic E-state index is 0.805. The van der Waals surface area contributed by atoms with Crippen LogP contribution >= 0.6 is 0 Å². The first kappa shape index (κ1) is 10.6. The third kappa shape index (κ3) is 2.56. The van der Waals surface area contributed by atoms with E-state index >= 15 is 0 Å². The van der Waals surface area contributed by atoms with E-state index in [1.54, 1.807) is 0 Å². The molecule has 1 aliphatic carbocycles. The molecule has 1 N–H and O–H groups in total. The first-order valence-corrected chi connectivity index (χ1v) is 5.74. The quantitative estimate of drug-likeness (QED) is 0.792. The topological polar surface area (TPSA) is 42.7 Å². The molecule has 0 aromatic carbocycles. The second kappa shape index (κ2) is 4.31. The molecule has 1 aromatic heterocycles. The Bertz CT molecular complexity index is 327. The number of hydrogen-bond donors (Lipinski definition) is 1. The van der Waals surface area contributed by atoms with E-state index in [1.165, 1.54) is 12.8 Å². The number of aromatic nitrogens is 3. The molecular weight excluding hydrogens is 188 g/mol. The summed E-state index contributed by atoms with van der Waals surface area (Å²) in [5, 5.41) is 11.6. The van der Waals surface area contributed by atoms with E-state index in [9.17, 15) is 0 Å². The Morgan fingerprint density at radius 1 is 1.47 bits per heavy atom. The Morgan fingerprint density at radius 3 is 2.73 bits per heavy atom. The normalized spacial score (nSPS) is 18.1. The maximum atomic E-state index is 4.12. The van der Waals surface area contributed by atoms with E-state index in [2.05, 4.69) is 22.4 Å². The van der Waals surface area contributed by atoms with Crippen molar-refractivity contribution in [2.24, 2.45) is 18.9 Å². The van der Waals surface area contributed by atoms with Gasteiger partial charge in [-0.1, -0.05) is 6.92 Å². The molecule has 0 aliphatic heterocycles. The van der Waals surface area contributed by atoms with Crippen molar-refractivity contribution < 1.29 is 0 Å². The molecule has 0 saturated heterocycles. The minimum Gasteiger partial charge on any atom is -0.317 e. The van der Waals surface area contributed by atoms with Crippen molar-refractivity contribution in [3.63, 3.8) is 0 Å². The van der Waals surface area contributed by atoms with Gasteiger partial charge in [-0.3, -0.25) is 0 Å². The lowest BCUT2D eigenvalue weighted by molar-refractivity contribution is 0.455. The highest BCUT2D eigenvalue weighted by Crippen LogP contribution is 2.36. The van der Waals surface area contributed by atoms with Crippen LogP contribution in [0, 0.1) is 18.8 Å². The summed E-state index contributed by atoms with van der Waals surface area (Å²) in [4.78, 5) is 0. The van der Waals surface area contributed by atoms with E-state index in [-0.39, 0.29) is 0 Å². The van der Waals surface area contributed by atoms with Crippen molar-refractivity contribution >= 4 is 0 Å². The predicted molar refractivity (Wildman–Crippen MR) is 59.3 cm³/mol. The zero-order chi connectivity index (χ0) is 10.8. The molecule has 1 aromatic rings. The molecule has 1 heterocycles. The Kier molecular flexibility index (Phi) is 3.05. The van der Waals surface area contributed by atoms with E-state index in [4.69, 9.17) is 0 Å². The molecule has 4 nitrogen and oxygen atoms in total. The number of rotatable bonds is 5. The van der Waals surface area contributed by atoms with Crippen LogP contribution < -0.4 is 5.32 Å². The van der Waals surface area contributed by atoms with Gasteiger partial charge in [0.1, 0.15) is 11.6 Å². The summed E-state index contributed by atoms with van der Waals surface area (Å²) in [5.74, 6) is 3.77. The van der Waals surface area contributed by atoms with Gasteiger partial charge in [0.25, 0.3) is 0 Å². The van der Waals surface area contributed by atoms with Gasteiger partial charge in [-0.2, -0.15) is 0 Å². The molecule has 1 aliphatic rings. The number of nitrogens with zero attached hydrogens (tertiary/aromatic N) is 3. The van der Waals surface area contributed by atoms with E-state index in [1.807, 2.05) is 18.5 Å². The lowest BCUT2D eigenvalue weighted by Crippen LogP contribution is -2.23. The lowest BCUT2D eigenvalue weighted by Gasteiger charge is -2.10. The summed E-state index contributed by atoms with van der Waals surface area (Å²) in [5.41, 5.74) is 0. The predicted octanol–water partition coefficient (Wildman–Crippen LogP) is 1.26. The third-order valence-electron chi connectivity index (χ3n) is 3.36. The summed E-state index contributed by atoms with van der Waals surface area (Å²) in [6.45, 7) is 6.22. The average molecular weight is 208 g/mol. The third-order valence-corrected chi connectivity index (χ3v) is 3.36. The highest BCUT2D eigenvalue weighted by Gasteiger charge is 2.27. The first-order chi connectivity index (χ1) is 7.18. The van der Waals surface area contributed by atoms with Crippen LogP contribution in [0.3, 0.4) is 0 Å². The van der Waals surface area contributed by atoms with Crippen molar-refractivity contribution in [1.29, 1.82) is 0 Å². The minimum atomic E-state index is 0.805. The summed E-state index contributed by atoms with van der Waals surface area (Å²) in [6.07, 6.45) is 2.85. The van der Waals surface area contributed by atoms with Crippen molar-refractivity contribution in [1.82, 2.24) is 20.1 Å². The fraction of sp³-hybridized carbons (Fsp3) is 0.818. The van der Waals surface area contributed by atoms with Crippen LogP contribution in [0.1, 0.15) is 31.4 Å². The molecule has 0 amide bonds. The molecule has 1 saturated carbocycles. The summed E-state index contributed by atoms with van der Waals surface area (Å²) >= 11 is 0. The second-order valence-corrected chi connectivity index (χ2v) is 4.67. The number of hydrogen-bond acceptors (Lipinski definition) is 3. The zero-order valence-electron chi connectivity index (χ0n) is 9.82. The summed E-state index contributed by atoms with van der Waals surface area (Å²) in [7, 11) is 2.01.